The van der Waals surface area contributed by atoms with Gasteiger partial charge in [-0.15, -0.1) is 0 Å². The van der Waals surface area contributed by atoms with E-state index in [1.54, 1.807) is 0 Å². The third-order valence-corrected chi connectivity index (χ3v) is 0.723. The summed E-state index contributed by atoms with van der Waals surface area (Å²) in [6, 6.07) is 0. The molecule has 0 fully saturated rings. The molecule has 0 spiro atoms. The molecule has 4 heteroatoms. The van der Waals surface area contributed by atoms with Crippen LogP contribution in [0.3, 0.4) is 0 Å². The van der Waals surface area contributed by atoms with Crippen LogP contribution in [0.15, 0.2) is 12.2 Å². The van der Waals surface area contributed by atoms with E-state index in [4.69, 9.17) is 5.11 Å². The Morgan fingerprint density at radius 1 is 1.75 bits per heavy atom. The summed E-state index contributed by atoms with van der Waals surface area (Å²) in [6.07, 6.45) is 2.61. The van der Waals surface area contributed by atoms with Crippen molar-refractivity contribution >= 4 is 21.9 Å². The summed E-state index contributed by atoms with van der Waals surface area (Å²) in [6.45, 7) is 0. The first-order valence-electron chi connectivity index (χ1n) is 1.73. The standard InChI is InChI=1S/C4H5BrO2.Zn/c5-3-1-2-4(6)7;/h1-2H,3H2,(H,6,7);. The predicted octanol–water partition coefficient (Wildman–Crippen LogP) is 1.02. The van der Waals surface area contributed by atoms with Crippen molar-refractivity contribution in [3.8, 4) is 0 Å². The second kappa shape index (κ2) is 7.31. The SMILES string of the molecule is O=C(O)C=CCBr.[Zn]. The van der Waals surface area contributed by atoms with E-state index in [2.05, 4.69) is 15.9 Å². The van der Waals surface area contributed by atoms with Crippen LogP contribution in [0.4, 0.5) is 0 Å². The minimum Gasteiger partial charge on any atom is -0.478 e. The Morgan fingerprint density at radius 2 is 2.25 bits per heavy atom. The van der Waals surface area contributed by atoms with Crippen LogP contribution in [0.25, 0.3) is 0 Å². The van der Waals surface area contributed by atoms with Gasteiger partial charge in [0, 0.05) is 30.9 Å². The van der Waals surface area contributed by atoms with Crippen molar-refractivity contribution in [2.45, 2.75) is 0 Å². The van der Waals surface area contributed by atoms with E-state index in [9.17, 15) is 4.79 Å². The van der Waals surface area contributed by atoms with Crippen molar-refractivity contribution in [3.63, 3.8) is 0 Å². The summed E-state index contributed by atoms with van der Waals surface area (Å²) < 4.78 is 0. The average Bonchev–Trinajstić information content (AvgIpc) is 1.61. The maximum Gasteiger partial charge on any atom is 0.328 e. The minimum atomic E-state index is -0.903. The number of hydrogen-bond acceptors (Lipinski definition) is 1. The Hall–Kier alpha value is 0.313. The molecule has 0 aromatic carbocycles. The van der Waals surface area contributed by atoms with E-state index in [-0.39, 0.29) is 19.5 Å². The van der Waals surface area contributed by atoms with Gasteiger partial charge in [-0.3, -0.25) is 0 Å². The van der Waals surface area contributed by atoms with E-state index >= 15 is 0 Å². The largest absolute Gasteiger partial charge is 0.478 e. The molecule has 0 unspecified atom stereocenters. The quantitative estimate of drug-likeness (QED) is 0.437. The van der Waals surface area contributed by atoms with Gasteiger partial charge in [0.1, 0.15) is 0 Å². The Kier molecular flexibility index (Phi) is 10.2. The number of aliphatic carboxylic acids is 1. The third-order valence-electron chi connectivity index (χ3n) is 0.350. The molecule has 0 bridgehead atoms. The van der Waals surface area contributed by atoms with Gasteiger partial charge in [-0.2, -0.15) is 0 Å². The van der Waals surface area contributed by atoms with E-state index in [0.29, 0.717) is 5.33 Å². The Morgan fingerprint density at radius 3 is 2.38 bits per heavy atom. The van der Waals surface area contributed by atoms with E-state index in [1.165, 1.54) is 6.08 Å². The van der Waals surface area contributed by atoms with Crippen LogP contribution < -0.4 is 0 Å². The summed E-state index contributed by atoms with van der Waals surface area (Å²) in [4.78, 5) is 9.65. The molecule has 2 nitrogen and oxygen atoms in total. The first-order chi connectivity index (χ1) is 3.27. The summed E-state index contributed by atoms with van der Waals surface area (Å²) in [5.41, 5.74) is 0. The summed E-state index contributed by atoms with van der Waals surface area (Å²) in [5, 5.41) is 8.53. The van der Waals surface area contributed by atoms with Gasteiger partial charge < -0.3 is 5.11 Å². The molecule has 0 rings (SSSR count). The molecule has 0 aromatic rings. The molecule has 0 heterocycles. The monoisotopic (exact) mass is 228 g/mol. The van der Waals surface area contributed by atoms with Crippen LogP contribution in [0.1, 0.15) is 0 Å². The van der Waals surface area contributed by atoms with Gasteiger partial charge in [-0.05, 0) is 0 Å². The van der Waals surface area contributed by atoms with E-state index in [1.807, 2.05) is 0 Å². The Balaban J connectivity index is 0. The fourth-order valence-electron chi connectivity index (χ4n) is 0.145. The third kappa shape index (κ3) is 9.58. The molecule has 0 aliphatic carbocycles. The second-order valence-corrected chi connectivity index (χ2v) is 1.54. The van der Waals surface area contributed by atoms with Gasteiger partial charge >= 0.3 is 5.97 Å². The number of halogens is 1. The van der Waals surface area contributed by atoms with Gasteiger partial charge in [0.15, 0.2) is 0 Å². The maximum absolute atomic E-state index is 9.65. The van der Waals surface area contributed by atoms with Gasteiger partial charge in [-0.25, -0.2) is 4.79 Å². The van der Waals surface area contributed by atoms with Gasteiger partial charge in [0.25, 0.3) is 0 Å². The normalized spacial score (nSPS) is 8.62. The number of allylic oxidation sites excluding steroid dienone is 1. The van der Waals surface area contributed by atoms with Crippen molar-refractivity contribution < 1.29 is 29.4 Å². The Bertz CT molecular complexity index is 92.0. The van der Waals surface area contributed by atoms with Gasteiger partial charge in [-0.1, -0.05) is 22.0 Å². The zero-order valence-electron chi connectivity index (χ0n) is 4.30. The first kappa shape index (κ1) is 11.2. The zero-order valence-corrected chi connectivity index (χ0v) is 8.86. The molecule has 0 saturated carbocycles. The van der Waals surface area contributed by atoms with E-state index in [0.717, 1.165) is 6.08 Å². The molecule has 0 aliphatic rings. The molecule has 1 N–H and O–H groups in total. The molecule has 0 radical (unpaired) electrons. The van der Waals surface area contributed by atoms with Crippen molar-refractivity contribution in [2.75, 3.05) is 5.33 Å². The summed E-state index contributed by atoms with van der Waals surface area (Å²) in [7, 11) is 0. The topological polar surface area (TPSA) is 37.3 Å². The molecule has 42 valence electrons. The molecule has 0 amide bonds. The van der Waals surface area contributed by atoms with Crippen molar-refractivity contribution in [1.82, 2.24) is 0 Å². The minimum absolute atomic E-state index is 0. The van der Waals surface area contributed by atoms with Crippen LogP contribution in [-0.4, -0.2) is 16.4 Å². The molecular formula is C4H5BrO2Zn. The molecule has 0 saturated heterocycles. The van der Waals surface area contributed by atoms with Gasteiger partial charge in [0.2, 0.25) is 0 Å². The van der Waals surface area contributed by atoms with Crippen molar-refractivity contribution in [2.24, 2.45) is 0 Å². The first-order valence-corrected chi connectivity index (χ1v) is 2.85. The number of rotatable bonds is 2. The van der Waals surface area contributed by atoms with Crippen molar-refractivity contribution in [3.05, 3.63) is 12.2 Å². The number of alkyl halides is 1. The van der Waals surface area contributed by atoms with Crippen LogP contribution in [-0.2, 0) is 24.3 Å². The molecular weight excluding hydrogens is 225 g/mol. The van der Waals surface area contributed by atoms with Gasteiger partial charge in [0.05, 0.1) is 0 Å². The molecule has 8 heavy (non-hydrogen) atoms. The van der Waals surface area contributed by atoms with Crippen LogP contribution in [0.2, 0.25) is 0 Å². The maximum atomic E-state index is 9.65. The average molecular weight is 230 g/mol. The van der Waals surface area contributed by atoms with E-state index < -0.39 is 5.97 Å². The number of hydrogen-bond donors (Lipinski definition) is 1. The fourth-order valence-corrected chi connectivity index (χ4v) is 0.332. The molecule has 0 atom stereocenters. The molecule has 0 aliphatic heterocycles. The fraction of sp³-hybridized carbons (Fsp3) is 0.250. The smallest absolute Gasteiger partial charge is 0.328 e. The van der Waals surface area contributed by atoms with Crippen LogP contribution in [0, 0.1) is 0 Å². The number of carboxylic acid groups (broad SMARTS) is 1. The predicted molar refractivity (Wildman–Crippen MR) is 30.6 cm³/mol. The number of carbonyl (C=O) groups is 1. The zero-order chi connectivity index (χ0) is 5.70. The second-order valence-electron chi connectivity index (χ2n) is 0.895. The summed E-state index contributed by atoms with van der Waals surface area (Å²) >= 11 is 3.03. The van der Waals surface area contributed by atoms with Crippen molar-refractivity contribution in [1.29, 1.82) is 0 Å². The van der Waals surface area contributed by atoms with Crippen LogP contribution >= 0.6 is 15.9 Å². The Labute approximate surface area is 68.9 Å². The molecule has 0 aromatic heterocycles. The van der Waals surface area contributed by atoms with Crippen LogP contribution in [0.5, 0.6) is 0 Å². The number of carboxylic acids is 1. The summed E-state index contributed by atoms with van der Waals surface area (Å²) in [5.74, 6) is -0.903.